The van der Waals surface area contributed by atoms with Crippen molar-refractivity contribution in [1.29, 1.82) is 0 Å². The van der Waals surface area contributed by atoms with Crippen LogP contribution in [-0.2, 0) is 57.0 Å². The molecule has 5 aliphatic heterocycles. The molecule has 5 saturated heterocycles. The molecule has 0 aromatic carbocycles. The molecule has 21 heteroatoms. The van der Waals surface area contributed by atoms with Crippen LogP contribution in [0.25, 0.3) is 0 Å². The fraction of sp³-hybridized carbons (Fsp3) is 0.956. The van der Waals surface area contributed by atoms with Gasteiger partial charge in [0.15, 0.2) is 37.4 Å². The number of unbranched alkanes of at least 4 members (excludes halogenated alkanes) is 2. The maximum Gasteiger partial charge on any atom is 0.311 e. The fourth-order valence-corrected chi connectivity index (χ4v) is 8.95. The number of hydrogen-bond acceptors (Lipinski definition) is 21. The Labute approximate surface area is 386 Å². The fourth-order valence-electron chi connectivity index (χ4n) is 8.95. The number of carbonyl (C=O) groups is 2. The molecule has 23 atom stereocenters. The molecular weight excluding hydrogens is 876 g/mol. The van der Waals surface area contributed by atoms with Gasteiger partial charge in [-0.1, -0.05) is 64.7 Å². The third-order valence-electron chi connectivity index (χ3n) is 13.5. The van der Waals surface area contributed by atoms with E-state index in [2.05, 4.69) is 6.92 Å². The Bertz CT molecular complexity index is 1460. The minimum absolute atomic E-state index is 0.0622. The number of aliphatic hydroxyl groups excluding tert-OH is 9. The smallest absolute Gasteiger partial charge is 0.311 e. The molecule has 5 heterocycles. The monoisotopic (exact) mass is 955 g/mol. The highest BCUT2D eigenvalue weighted by atomic mass is 16.8. The van der Waals surface area contributed by atoms with Gasteiger partial charge in [0.1, 0.15) is 67.1 Å². The molecule has 3 unspecified atom stereocenters. The Kier molecular flexibility index (Phi) is 21.7. The summed E-state index contributed by atoms with van der Waals surface area (Å²) in [6.45, 7) is 8.51. The molecule has 21 nitrogen and oxygen atoms in total. The SMILES string of the molecule is CCCCCC1CCCCCCCCCC(=O)O[C@@H]2[C@@H](O[C@@H]3O[C@H](C)[C@@H](O)[C@H](O)[C@H]3O)[C@H](C)O[C@@H](O[C@H]3[C@H](O[C@H]4[C@H](O1)O[C@H](C)[C@@H](O)[C@@H]4O)O[C@H](CO)[C@@H](O)[C@@H]3O)[C@@H]2OC(=O)C(C)C(C)O. The normalized spacial score (nSPS) is 44.8. The molecule has 0 amide bonds. The molecule has 0 saturated carbocycles. The molecule has 66 heavy (non-hydrogen) atoms. The van der Waals surface area contributed by atoms with Crippen LogP contribution in [0.1, 0.15) is 125 Å². The van der Waals surface area contributed by atoms with E-state index >= 15 is 0 Å². The first kappa shape index (κ1) is 55.2. The molecule has 0 aromatic heterocycles. The zero-order valence-electron chi connectivity index (χ0n) is 39.1. The number of carbonyl (C=O) groups excluding carboxylic acids is 2. The lowest BCUT2D eigenvalue weighted by Crippen LogP contribution is -2.68. The van der Waals surface area contributed by atoms with Crippen LogP contribution in [0.2, 0.25) is 0 Å². The number of fused-ring (bicyclic) bond motifs is 4. The van der Waals surface area contributed by atoms with E-state index in [0.717, 1.165) is 51.4 Å². The zero-order valence-corrected chi connectivity index (χ0v) is 39.1. The van der Waals surface area contributed by atoms with E-state index < -0.39 is 153 Å². The number of aliphatic hydroxyl groups is 9. The van der Waals surface area contributed by atoms with E-state index in [0.29, 0.717) is 25.7 Å². The van der Waals surface area contributed by atoms with Crippen molar-refractivity contribution in [2.45, 2.75) is 260 Å². The van der Waals surface area contributed by atoms with Gasteiger partial charge in [-0.2, -0.15) is 0 Å². The van der Waals surface area contributed by atoms with Gasteiger partial charge in [-0.15, -0.1) is 0 Å². The van der Waals surface area contributed by atoms with E-state index in [1.54, 1.807) is 6.92 Å². The maximum atomic E-state index is 13.8. The van der Waals surface area contributed by atoms with E-state index in [4.69, 9.17) is 47.4 Å². The molecular formula is C45H78O21. The summed E-state index contributed by atoms with van der Waals surface area (Å²) in [5.74, 6) is -2.90. The second-order valence-electron chi connectivity index (χ2n) is 18.7. The first-order valence-corrected chi connectivity index (χ1v) is 24.1. The summed E-state index contributed by atoms with van der Waals surface area (Å²) in [6, 6.07) is 0. The largest absolute Gasteiger partial charge is 0.455 e. The first-order chi connectivity index (χ1) is 31.4. The molecule has 2 bridgehead atoms. The number of hydrogen-bond donors (Lipinski definition) is 9. The van der Waals surface area contributed by atoms with Gasteiger partial charge in [0.25, 0.3) is 0 Å². The van der Waals surface area contributed by atoms with Crippen LogP contribution in [0.4, 0.5) is 0 Å². The second-order valence-corrected chi connectivity index (χ2v) is 18.7. The van der Waals surface area contributed by atoms with E-state index in [-0.39, 0.29) is 12.5 Å². The molecule has 5 fully saturated rings. The minimum Gasteiger partial charge on any atom is -0.455 e. The van der Waals surface area contributed by atoms with Crippen molar-refractivity contribution in [3.8, 4) is 0 Å². The van der Waals surface area contributed by atoms with Gasteiger partial charge in [0.05, 0.1) is 43.0 Å². The lowest BCUT2D eigenvalue weighted by molar-refractivity contribution is -0.399. The summed E-state index contributed by atoms with van der Waals surface area (Å²) in [7, 11) is 0. The highest BCUT2D eigenvalue weighted by molar-refractivity contribution is 5.73. The van der Waals surface area contributed by atoms with Crippen LogP contribution < -0.4 is 0 Å². The van der Waals surface area contributed by atoms with Crippen LogP contribution in [0.15, 0.2) is 0 Å². The van der Waals surface area contributed by atoms with Gasteiger partial charge in [-0.25, -0.2) is 0 Å². The van der Waals surface area contributed by atoms with E-state index in [1.807, 2.05) is 0 Å². The third-order valence-corrected chi connectivity index (χ3v) is 13.5. The molecule has 0 aromatic rings. The van der Waals surface area contributed by atoms with Gasteiger partial charge in [0.2, 0.25) is 0 Å². The highest BCUT2D eigenvalue weighted by Gasteiger charge is 2.57. The van der Waals surface area contributed by atoms with Crippen molar-refractivity contribution in [2.24, 2.45) is 5.92 Å². The van der Waals surface area contributed by atoms with Crippen LogP contribution in [-0.4, -0.2) is 200 Å². The summed E-state index contributed by atoms with van der Waals surface area (Å²) in [5.41, 5.74) is 0. The van der Waals surface area contributed by atoms with Gasteiger partial charge in [-0.05, 0) is 53.9 Å². The molecule has 0 radical (unpaired) electrons. The highest BCUT2D eigenvalue weighted by Crippen LogP contribution is 2.38. The predicted octanol–water partition coefficient (Wildman–Crippen LogP) is -0.0496. The minimum atomic E-state index is -1.94. The van der Waals surface area contributed by atoms with Crippen LogP contribution in [0.5, 0.6) is 0 Å². The quantitative estimate of drug-likeness (QED) is 0.102. The van der Waals surface area contributed by atoms with E-state index in [1.165, 1.54) is 27.7 Å². The predicted molar refractivity (Wildman–Crippen MR) is 227 cm³/mol. The van der Waals surface area contributed by atoms with E-state index in [9.17, 15) is 55.5 Å². The van der Waals surface area contributed by atoms with Crippen LogP contribution in [0.3, 0.4) is 0 Å². The van der Waals surface area contributed by atoms with Gasteiger partial charge in [-0.3, -0.25) is 9.59 Å². The van der Waals surface area contributed by atoms with Crippen molar-refractivity contribution < 1.29 is 103 Å². The molecule has 5 rings (SSSR count). The van der Waals surface area contributed by atoms with Crippen LogP contribution in [0, 0.1) is 5.92 Å². The van der Waals surface area contributed by atoms with Crippen molar-refractivity contribution in [1.82, 2.24) is 0 Å². The average Bonchev–Trinajstić information content (AvgIpc) is 3.28. The summed E-state index contributed by atoms with van der Waals surface area (Å²) in [5, 5.41) is 98.2. The van der Waals surface area contributed by atoms with Gasteiger partial charge >= 0.3 is 11.9 Å². The Hall–Kier alpha value is -1.74. The van der Waals surface area contributed by atoms with Gasteiger partial charge in [0, 0.05) is 6.42 Å². The lowest BCUT2D eigenvalue weighted by Gasteiger charge is -2.50. The van der Waals surface area contributed by atoms with Gasteiger partial charge < -0.3 is 93.3 Å². The Balaban J connectivity index is 1.57. The topological polar surface area (TPSA) is 309 Å². The molecule has 384 valence electrons. The number of ether oxygens (including phenoxy) is 10. The second kappa shape index (κ2) is 25.9. The summed E-state index contributed by atoms with van der Waals surface area (Å²) >= 11 is 0. The Morgan fingerprint density at radius 2 is 1.21 bits per heavy atom. The average molecular weight is 955 g/mol. The molecule has 0 aliphatic carbocycles. The Morgan fingerprint density at radius 1 is 0.636 bits per heavy atom. The molecule has 0 spiro atoms. The van der Waals surface area contributed by atoms with Crippen molar-refractivity contribution in [2.75, 3.05) is 6.61 Å². The molecule has 5 aliphatic rings. The molecule has 9 N–H and O–H groups in total. The maximum absolute atomic E-state index is 13.8. The summed E-state index contributed by atoms with van der Waals surface area (Å²) in [4.78, 5) is 27.5. The Morgan fingerprint density at radius 3 is 1.86 bits per heavy atom. The zero-order chi connectivity index (χ0) is 48.4. The van der Waals surface area contributed by atoms with Crippen LogP contribution >= 0.6 is 0 Å². The van der Waals surface area contributed by atoms with Crippen molar-refractivity contribution >= 4 is 11.9 Å². The standard InChI is InChI=1S/C45H78O21/c1-7-8-14-17-26-18-15-12-10-9-11-13-16-19-28(48)62-39-36(64-42-35(55)32(52)29(49)23(4)57-42)25(6)59-45(40(39)63-41(56)21(2)22(3)47)66-38-34(54)31(51)27(20-46)61-44(38)65-37-33(53)30(50)24(5)58-43(37)60-26/h21-27,29-40,42-47,49-55H,7-20H2,1-6H3/t21?,22?,23-,24-,25+,26?,27-,29-,30-,31-,32+,33+,34+,35-,36+,37-,38-,39-,40-,42+,43+,44+,45+/m1/s1. The van der Waals surface area contributed by atoms with Crippen molar-refractivity contribution in [3.05, 3.63) is 0 Å². The third kappa shape index (κ3) is 14.0. The van der Waals surface area contributed by atoms with Crippen molar-refractivity contribution in [3.63, 3.8) is 0 Å². The summed E-state index contributed by atoms with van der Waals surface area (Å²) in [6.07, 6.45) is -23.2. The first-order valence-electron chi connectivity index (χ1n) is 24.1. The number of rotatable bonds is 10. The number of esters is 2. The lowest BCUT2D eigenvalue weighted by atomic mass is 9.95. The summed E-state index contributed by atoms with van der Waals surface area (Å²) < 4.78 is 61.8.